The molecule has 1 saturated carbocycles. The molecule has 1 atom stereocenters. The van der Waals surface area contributed by atoms with Crippen molar-refractivity contribution in [1.29, 1.82) is 0 Å². The quantitative estimate of drug-likeness (QED) is 0.513. The van der Waals surface area contributed by atoms with Gasteiger partial charge in [0, 0.05) is 25.1 Å². The molecule has 2 amide bonds. The fourth-order valence-corrected chi connectivity index (χ4v) is 3.41. The first-order valence-corrected chi connectivity index (χ1v) is 11.3. The molecule has 1 aliphatic carbocycles. The number of alkyl halides is 2. The van der Waals surface area contributed by atoms with E-state index in [9.17, 15) is 18.4 Å². The number of halogens is 2. The van der Waals surface area contributed by atoms with Crippen molar-refractivity contribution < 1.29 is 23.1 Å². The molecule has 186 valence electrons. The molecule has 11 heteroatoms. The third-order valence-electron chi connectivity index (χ3n) is 5.70. The average Bonchev–Trinajstić information content (AvgIpc) is 3.54. The zero-order chi connectivity index (χ0) is 24.9. The smallest absolute Gasteiger partial charge is 0.409 e. The van der Waals surface area contributed by atoms with Crippen molar-refractivity contribution in [2.24, 2.45) is 5.73 Å². The van der Waals surface area contributed by atoms with Crippen molar-refractivity contribution in [3.05, 3.63) is 48.0 Å². The van der Waals surface area contributed by atoms with Gasteiger partial charge in [-0.2, -0.15) is 5.10 Å². The highest BCUT2D eigenvalue weighted by Crippen LogP contribution is 2.35. The SMILES string of the molecule is CN(C(=O)OCCn1ncnc1C(CCC(F)(F)c1ccccc1)NC(=O)C(C)(C)N)C1CC1. The van der Waals surface area contributed by atoms with Gasteiger partial charge in [0.15, 0.2) is 0 Å². The fraction of sp³-hybridized carbons (Fsp3) is 0.565. The first-order chi connectivity index (χ1) is 16.0. The third-order valence-corrected chi connectivity index (χ3v) is 5.70. The summed E-state index contributed by atoms with van der Waals surface area (Å²) in [5.74, 6) is -3.32. The summed E-state index contributed by atoms with van der Waals surface area (Å²) in [6, 6.07) is 6.87. The van der Waals surface area contributed by atoms with Crippen molar-refractivity contribution in [2.45, 2.75) is 69.6 Å². The van der Waals surface area contributed by atoms with Crippen LogP contribution in [0.15, 0.2) is 36.7 Å². The van der Waals surface area contributed by atoms with E-state index in [1.807, 2.05) is 0 Å². The molecule has 1 fully saturated rings. The van der Waals surface area contributed by atoms with Crippen LogP contribution in [0.3, 0.4) is 0 Å². The predicted molar refractivity (Wildman–Crippen MR) is 121 cm³/mol. The minimum absolute atomic E-state index is 0.0233. The van der Waals surface area contributed by atoms with E-state index in [2.05, 4.69) is 15.4 Å². The molecule has 3 rings (SSSR count). The number of carbonyl (C=O) groups excluding carboxylic acids is 2. The van der Waals surface area contributed by atoms with Gasteiger partial charge in [-0.15, -0.1) is 0 Å². The Labute approximate surface area is 197 Å². The molecule has 9 nitrogen and oxygen atoms in total. The number of nitrogens with two attached hydrogens (primary N) is 1. The van der Waals surface area contributed by atoms with Gasteiger partial charge >= 0.3 is 6.09 Å². The molecule has 2 aromatic rings. The topological polar surface area (TPSA) is 115 Å². The van der Waals surface area contributed by atoms with Crippen molar-refractivity contribution in [1.82, 2.24) is 25.0 Å². The van der Waals surface area contributed by atoms with Crippen LogP contribution in [0, 0.1) is 0 Å². The second-order valence-electron chi connectivity index (χ2n) is 9.15. The van der Waals surface area contributed by atoms with Crippen molar-refractivity contribution in [3.63, 3.8) is 0 Å². The number of ether oxygens (including phenoxy) is 1. The first kappa shape index (κ1) is 25.5. The van der Waals surface area contributed by atoms with E-state index < -0.39 is 35.9 Å². The van der Waals surface area contributed by atoms with Gasteiger partial charge in [-0.3, -0.25) is 4.79 Å². The van der Waals surface area contributed by atoms with Crippen molar-refractivity contribution in [3.8, 4) is 0 Å². The molecule has 0 spiro atoms. The molecular formula is C23H32F2N6O3. The summed E-state index contributed by atoms with van der Waals surface area (Å²) in [6.07, 6.45) is 2.14. The zero-order valence-corrected chi connectivity index (χ0v) is 19.7. The maximum atomic E-state index is 14.8. The largest absolute Gasteiger partial charge is 0.447 e. The molecule has 3 N–H and O–H groups in total. The number of benzene rings is 1. The van der Waals surface area contributed by atoms with E-state index in [0.717, 1.165) is 12.8 Å². The Hall–Kier alpha value is -3.08. The van der Waals surface area contributed by atoms with Crippen LogP contribution in [0.25, 0.3) is 0 Å². The number of nitrogens with one attached hydrogen (secondary N) is 1. The lowest BCUT2D eigenvalue weighted by molar-refractivity contribution is -0.126. The second-order valence-corrected chi connectivity index (χ2v) is 9.15. The van der Waals surface area contributed by atoms with Gasteiger partial charge in [0.25, 0.3) is 5.92 Å². The molecule has 1 heterocycles. The summed E-state index contributed by atoms with van der Waals surface area (Å²) in [5.41, 5.74) is 4.58. The van der Waals surface area contributed by atoms with Crippen LogP contribution in [0.4, 0.5) is 13.6 Å². The van der Waals surface area contributed by atoms with E-state index in [1.165, 1.54) is 37.0 Å². The summed E-state index contributed by atoms with van der Waals surface area (Å²) in [5, 5.41) is 6.86. The van der Waals surface area contributed by atoms with Crippen LogP contribution in [-0.4, -0.2) is 56.9 Å². The summed E-state index contributed by atoms with van der Waals surface area (Å²) >= 11 is 0. The number of hydrogen-bond donors (Lipinski definition) is 2. The van der Waals surface area contributed by atoms with Gasteiger partial charge in [-0.1, -0.05) is 30.3 Å². The normalized spacial score (nSPS) is 15.0. The van der Waals surface area contributed by atoms with Gasteiger partial charge in [-0.25, -0.2) is 23.2 Å². The van der Waals surface area contributed by atoms with E-state index in [1.54, 1.807) is 30.1 Å². The van der Waals surface area contributed by atoms with Crippen LogP contribution in [-0.2, 0) is 22.0 Å². The molecule has 0 bridgehead atoms. The van der Waals surface area contributed by atoms with Crippen LogP contribution in [0.2, 0.25) is 0 Å². The molecule has 34 heavy (non-hydrogen) atoms. The summed E-state index contributed by atoms with van der Waals surface area (Å²) < 4.78 is 36.4. The monoisotopic (exact) mass is 478 g/mol. The third kappa shape index (κ3) is 6.72. The molecule has 0 saturated heterocycles. The molecule has 1 aromatic heterocycles. The predicted octanol–water partition coefficient (Wildman–Crippen LogP) is 2.98. The number of carbonyl (C=O) groups is 2. The lowest BCUT2D eigenvalue weighted by Gasteiger charge is -2.26. The van der Waals surface area contributed by atoms with Crippen molar-refractivity contribution in [2.75, 3.05) is 13.7 Å². The van der Waals surface area contributed by atoms with Gasteiger partial charge < -0.3 is 20.7 Å². The molecule has 0 radical (unpaired) electrons. The van der Waals surface area contributed by atoms with E-state index >= 15 is 0 Å². The highest BCUT2D eigenvalue weighted by atomic mass is 19.3. The fourth-order valence-electron chi connectivity index (χ4n) is 3.41. The Bertz CT molecular complexity index is 973. The van der Waals surface area contributed by atoms with E-state index in [-0.39, 0.29) is 37.0 Å². The van der Waals surface area contributed by atoms with Crippen LogP contribution in [0.5, 0.6) is 0 Å². The van der Waals surface area contributed by atoms with Gasteiger partial charge in [-0.05, 0) is 33.1 Å². The molecule has 0 aliphatic heterocycles. The van der Waals surface area contributed by atoms with E-state index in [0.29, 0.717) is 0 Å². The maximum Gasteiger partial charge on any atom is 0.409 e. The molecule has 1 aliphatic rings. The Morgan fingerprint density at radius 1 is 1.29 bits per heavy atom. The van der Waals surface area contributed by atoms with E-state index in [4.69, 9.17) is 10.5 Å². The molecular weight excluding hydrogens is 446 g/mol. The van der Waals surface area contributed by atoms with Gasteiger partial charge in [0.05, 0.1) is 18.1 Å². The Kier molecular flexibility index (Phi) is 7.86. The standard InChI is InChI=1S/C23H32F2N6O3/c1-22(2,26)20(32)29-18(11-12-23(24,25)16-7-5-4-6-8-16)19-27-15-28-31(19)13-14-34-21(33)30(3)17-9-10-17/h4-8,15,17-18H,9-14,26H2,1-3H3,(H,29,32). The number of nitrogens with zero attached hydrogens (tertiary/aromatic N) is 4. The maximum absolute atomic E-state index is 14.8. The molecule has 1 aromatic carbocycles. The zero-order valence-electron chi connectivity index (χ0n) is 19.7. The summed E-state index contributed by atoms with van der Waals surface area (Å²) in [7, 11) is 1.69. The summed E-state index contributed by atoms with van der Waals surface area (Å²) in [4.78, 5) is 30.4. The minimum atomic E-state index is -3.10. The Morgan fingerprint density at radius 3 is 2.59 bits per heavy atom. The highest BCUT2D eigenvalue weighted by molar-refractivity contribution is 5.85. The van der Waals surface area contributed by atoms with Crippen LogP contribution < -0.4 is 11.1 Å². The molecule has 1 unspecified atom stereocenters. The highest BCUT2D eigenvalue weighted by Gasteiger charge is 2.35. The van der Waals surface area contributed by atoms with Crippen LogP contribution >= 0.6 is 0 Å². The second kappa shape index (κ2) is 10.5. The number of hydrogen-bond acceptors (Lipinski definition) is 6. The van der Waals surface area contributed by atoms with Crippen molar-refractivity contribution >= 4 is 12.0 Å². The average molecular weight is 479 g/mol. The minimum Gasteiger partial charge on any atom is -0.447 e. The van der Waals surface area contributed by atoms with Gasteiger partial charge in [0.2, 0.25) is 5.91 Å². The Balaban J connectivity index is 1.70. The van der Waals surface area contributed by atoms with Gasteiger partial charge in [0.1, 0.15) is 18.8 Å². The Morgan fingerprint density at radius 2 is 1.97 bits per heavy atom. The number of amides is 2. The van der Waals surface area contributed by atoms with Crippen LogP contribution in [0.1, 0.15) is 57.0 Å². The lowest BCUT2D eigenvalue weighted by Crippen LogP contribution is -2.50. The number of aromatic nitrogens is 3. The number of rotatable bonds is 11. The first-order valence-electron chi connectivity index (χ1n) is 11.3. The summed E-state index contributed by atoms with van der Waals surface area (Å²) in [6.45, 7) is 3.24. The lowest BCUT2D eigenvalue weighted by atomic mass is 9.99.